The highest BCUT2D eigenvalue weighted by Gasteiger charge is 2.20. The Balaban J connectivity index is 1.36. The fraction of sp³-hybridized carbons (Fsp3) is 0.136. The third-order valence-electron chi connectivity index (χ3n) is 4.24. The van der Waals surface area contributed by atoms with Gasteiger partial charge in [-0.25, -0.2) is 14.5 Å². The Morgan fingerprint density at radius 1 is 1.10 bits per heavy atom. The van der Waals surface area contributed by atoms with Crippen LogP contribution < -0.4 is 9.47 Å². The number of aromatic nitrogens is 3. The van der Waals surface area contributed by atoms with Crippen molar-refractivity contribution in [2.45, 2.75) is 13.2 Å². The van der Waals surface area contributed by atoms with Crippen molar-refractivity contribution in [3.63, 3.8) is 0 Å². The van der Waals surface area contributed by atoms with Gasteiger partial charge in [-0.3, -0.25) is 0 Å². The first-order valence-corrected chi connectivity index (χ1v) is 10.6. The first kappa shape index (κ1) is 20.9. The molecule has 0 saturated heterocycles. The van der Waals surface area contributed by atoms with Crippen LogP contribution in [0.15, 0.2) is 66.2 Å². The molecule has 9 heteroatoms. The maximum absolute atomic E-state index is 12.5. The fourth-order valence-corrected chi connectivity index (χ4v) is 3.54. The third kappa shape index (κ3) is 5.22. The van der Waals surface area contributed by atoms with Crippen molar-refractivity contribution in [1.29, 1.82) is 0 Å². The monoisotopic (exact) mass is 455 g/mol. The van der Waals surface area contributed by atoms with E-state index in [1.54, 1.807) is 35.1 Å². The Hall–Kier alpha value is -3.36. The average Bonchev–Trinajstić information content (AvgIpc) is 3.45. The van der Waals surface area contributed by atoms with Crippen LogP contribution in [0.1, 0.15) is 21.2 Å². The van der Waals surface area contributed by atoms with Gasteiger partial charge in [0, 0.05) is 10.4 Å². The quantitative estimate of drug-likeness (QED) is 0.351. The predicted octanol–water partition coefficient (Wildman–Crippen LogP) is 4.93. The molecule has 0 radical (unpaired) electrons. The zero-order chi connectivity index (χ0) is 21.6. The lowest BCUT2D eigenvalue weighted by molar-refractivity contribution is 0.0457. The first-order valence-electron chi connectivity index (χ1n) is 9.30. The summed E-state index contributed by atoms with van der Waals surface area (Å²) in [4.78, 5) is 17.0. The summed E-state index contributed by atoms with van der Waals surface area (Å²) in [6.07, 6.45) is 1.64. The third-order valence-corrected chi connectivity index (χ3v) is 5.36. The minimum absolute atomic E-state index is 0.0254. The van der Waals surface area contributed by atoms with Crippen molar-refractivity contribution in [2.75, 3.05) is 7.11 Å². The second-order valence-corrected chi connectivity index (χ2v) is 7.76. The second-order valence-electron chi connectivity index (χ2n) is 6.38. The van der Waals surface area contributed by atoms with E-state index < -0.39 is 5.97 Å². The lowest BCUT2D eigenvalue weighted by atomic mass is 10.3. The van der Waals surface area contributed by atoms with Crippen LogP contribution in [0.3, 0.4) is 0 Å². The second kappa shape index (κ2) is 9.63. The zero-order valence-electron chi connectivity index (χ0n) is 16.5. The number of esters is 1. The van der Waals surface area contributed by atoms with Crippen LogP contribution >= 0.6 is 22.9 Å². The summed E-state index contributed by atoms with van der Waals surface area (Å²) in [5.74, 6) is 0.455. The fourth-order valence-electron chi connectivity index (χ4n) is 2.73. The van der Waals surface area contributed by atoms with Crippen LogP contribution in [-0.2, 0) is 18.0 Å². The summed E-state index contributed by atoms with van der Waals surface area (Å²) in [7, 11) is 1.48. The lowest BCUT2D eigenvalue weighted by Gasteiger charge is -2.04. The number of hydrogen-bond donors (Lipinski definition) is 0. The van der Waals surface area contributed by atoms with Crippen molar-refractivity contribution >= 4 is 28.9 Å². The maximum Gasteiger partial charge on any atom is 0.363 e. The van der Waals surface area contributed by atoms with E-state index in [0.29, 0.717) is 28.8 Å². The van der Waals surface area contributed by atoms with Crippen molar-refractivity contribution in [2.24, 2.45) is 0 Å². The Labute approximate surface area is 187 Å². The van der Waals surface area contributed by atoms with Crippen LogP contribution in [0.25, 0.3) is 5.69 Å². The smallest absolute Gasteiger partial charge is 0.363 e. The van der Waals surface area contributed by atoms with Gasteiger partial charge in [0.15, 0.2) is 5.75 Å². The molecule has 2 aromatic heterocycles. The highest BCUT2D eigenvalue weighted by Crippen LogP contribution is 2.22. The number of hydrogen-bond acceptors (Lipinski definition) is 7. The number of rotatable bonds is 8. The summed E-state index contributed by atoms with van der Waals surface area (Å²) in [5.41, 5.74) is 1.55. The molecule has 0 saturated carbocycles. The molecule has 0 aliphatic carbocycles. The molecule has 4 rings (SSSR count). The summed E-state index contributed by atoms with van der Waals surface area (Å²) in [5, 5.41) is 7.55. The molecule has 2 aromatic carbocycles. The Bertz CT molecular complexity index is 1160. The molecule has 0 amide bonds. The molecule has 0 bridgehead atoms. The molecule has 4 aromatic rings. The van der Waals surface area contributed by atoms with Gasteiger partial charge in [0.05, 0.1) is 24.7 Å². The molecule has 0 N–H and O–H groups in total. The van der Waals surface area contributed by atoms with E-state index in [1.165, 1.54) is 18.4 Å². The van der Waals surface area contributed by atoms with Crippen molar-refractivity contribution in [3.05, 3.63) is 87.6 Å². The summed E-state index contributed by atoms with van der Waals surface area (Å²) < 4.78 is 17.9. The molecule has 7 nitrogen and oxygen atoms in total. The number of nitrogens with zero attached hydrogens (tertiary/aromatic N) is 3. The van der Waals surface area contributed by atoms with E-state index in [0.717, 1.165) is 10.7 Å². The zero-order valence-corrected chi connectivity index (χ0v) is 18.1. The predicted molar refractivity (Wildman–Crippen MR) is 117 cm³/mol. The molecular weight excluding hydrogens is 438 g/mol. The maximum atomic E-state index is 12.5. The minimum atomic E-state index is -0.585. The van der Waals surface area contributed by atoms with E-state index in [-0.39, 0.29) is 12.3 Å². The van der Waals surface area contributed by atoms with Crippen molar-refractivity contribution in [3.8, 4) is 17.2 Å². The van der Waals surface area contributed by atoms with Gasteiger partial charge in [-0.2, -0.15) is 5.10 Å². The van der Waals surface area contributed by atoms with Crippen molar-refractivity contribution < 1.29 is 19.0 Å². The van der Waals surface area contributed by atoms with Gasteiger partial charge in [-0.05, 0) is 36.4 Å². The number of halogens is 1. The number of thiazole rings is 1. The molecule has 0 spiro atoms. The average molecular weight is 456 g/mol. The molecule has 31 heavy (non-hydrogen) atoms. The standard InChI is InChI=1S/C22H18ClN3O4S/c1-28-19-11-26(17-5-3-2-4-6-17)25-21(19)22(27)30-12-16-14-31-20(24-16)13-29-18-9-7-15(23)8-10-18/h2-11,14H,12-13H2,1H3. The molecule has 0 atom stereocenters. The Morgan fingerprint density at radius 2 is 1.87 bits per heavy atom. The Morgan fingerprint density at radius 3 is 2.61 bits per heavy atom. The van der Waals surface area contributed by atoms with Gasteiger partial charge in [0.1, 0.15) is 24.0 Å². The van der Waals surface area contributed by atoms with E-state index in [2.05, 4.69) is 10.1 Å². The largest absolute Gasteiger partial charge is 0.493 e. The number of carbonyl (C=O) groups excluding carboxylic acids is 1. The van der Waals surface area contributed by atoms with Gasteiger partial charge in [-0.1, -0.05) is 29.8 Å². The number of carbonyl (C=O) groups is 1. The highest BCUT2D eigenvalue weighted by molar-refractivity contribution is 7.09. The molecule has 0 aliphatic rings. The SMILES string of the molecule is COc1cn(-c2ccccc2)nc1C(=O)OCc1csc(COc2ccc(Cl)cc2)n1. The highest BCUT2D eigenvalue weighted by atomic mass is 35.5. The van der Waals surface area contributed by atoms with Crippen LogP contribution in [0.5, 0.6) is 11.5 Å². The van der Waals surface area contributed by atoms with Gasteiger partial charge in [0.25, 0.3) is 0 Å². The van der Waals surface area contributed by atoms with Crippen LogP contribution in [-0.4, -0.2) is 27.8 Å². The van der Waals surface area contributed by atoms with Gasteiger partial charge in [-0.15, -0.1) is 11.3 Å². The number of ether oxygens (including phenoxy) is 3. The van der Waals surface area contributed by atoms with E-state index in [4.69, 9.17) is 25.8 Å². The van der Waals surface area contributed by atoms with Crippen LogP contribution in [0.2, 0.25) is 5.02 Å². The van der Waals surface area contributed by atoms with Crippen LogP contribution in [0.4, 0.5) is 0 Å². The van der Waals surface area contributed by atoms with E-state index in [9.17, 15) is 4.79 Å². The molecule has 2 heterocycles. The number of para-hydroxylation sites is 1. The summed E-state index contributed by atoms with van der Waals surface area (Å²) in [6.45, 7) is 0.340. The van der Waals surface area contributed by atoms with Gasteiger partial charge in [0.2, 0.25) is 5.69 Å². The van der Waals surface area contributed by atoms with Crippen molar-refractivity contribution in [1.82, 2.24) is 14.8 Å². The summed E-state index contributed by atoms with van der Waals surface area (Å²) in [6, 6.07) is 16.5. The topological polar surface area (TPSA) is 75.5 Å². The van der Waals surface area contributed by atoms with E-state index in [1.807, 2.05) is 35.7 Å². The number of methoxy groups -OCH3 is 1. The molecule has 0 unspecified atom stereocenters. The molecular formula is C22H18ClN3O4S. The van der Waals surface area contributed by atoms with Gasteiger partial charge >= 0.3 is 5.97 Å². The van der Waals surface area contributed by atoms with E-state index >= 15 is 0 Å². The van der Waals surface area contributed by atoms with Crippen LogP contribution in [0, 0.1) is 0 Å². The minimum Gasteiger partial charge on any atom is -0.493 e. The molecule has 0 fully saturated rings. The lowest BCUT2D eigenvalue weighted by Crippen LogP contribution is -2.08. The normalized spacial score (nSPS) is 10.6. The Kier molecular flexibility index (Phi) is 6.49. The number of benzene rings is 2. The molecule has 158 valence electrons. The summed E-state index contributed by atoms with van der Waals surface area (Å²) >= 11 is 7.30. The first-order chi connectivity index (χ1) is 15.1. The molecule has 0 aliphatic heterocycles. The van der Waals surface area contributed by atoms with Gasteiger partial charge < -0.3 is 14.2 Å².